The van der Waals surface area contributed by atoms with Crippen LogP contribution in [0.1, 0.15) is 38.3 Å². The molecular formula is C17H17N5O3. The molecule has 0 amide bonds. The number of tetrazole rings is 1. The Labute approximate surface area is 143 Å². The van der Waals surface area contributed by atoms with E-state index >= 15 is 0 Å². The zero-order valence-electron chi connectivity index (χ0n) is 13.9. The van der Waals surface area contributed by atoms with Crippen LogP contribution < -0.4 is 14.8 Å². The summed E-state index contributed by atoms with van der Waals surface area (Å²) in [6.07, 6.45) is 1.29. The topological polar surface area (TPSA) is 91.2 Å². The molecule has 2 aliphatic heterocycles. The van der Waals surface area contributed by atoms with Crippen LogP contribution in [0.25, 0.3) is 0 Å². The number of hydrogen-bond donors (Lipinski definition) is 1. The molecule has 25 heavy (non-hydrogen) atoms. The smallest absolute Gasteiger partial charge is 0.248 e. The minimum absolute atomic E-state index is 0.0853. The number of ketones is 1. The lowest BCUT2D eigenvalue weighted by Crippen LogP contribution is -2.36. The number of benzene rings is 1. The number of rotatable bonds is 1. The molecule has 0 fully saturated rings. The average Bonchev–Trinajstić information content (AvgIpc) is 3.19. The van der Waals surface area contributed by atoms with Gasteiger partial charge in [-0.1, -0.05) is 25.0 Å². The van der Waals surface area contributed by atoms with Crippen molar-refractivity contribution in [1.82, 2.24) is 20.2 Å². The summed E-state index contributed by atoms with van der Waals surface area (Å²) in [5.41, 5.74) is 2.46. The summed E-state index contributed by atoms with van der Waals surface area (Å²) < 4.78 is 12.5. The van der Waals surface area contributed by atoms with Gasteiger partial charge in [-0.15, -0.1) is 0 Å². The van der Waals surface area contributed by atoms with E-state index in [0.29, 0.717) is 23.9 Å². The number of fused-ring (bicyclic) bond motifs is 2. The third-order valence-corrected chi connectivity index (χ3v) is 4.91. The lowest BCUT2D eigenvalue weighted by atomic mass is 9.73. The maximum atomic E-state index is 13.0. The van der Waals surface area contributed by atoms with Gasteiger partial charge in [0.05, 0.1) is 0 Å². The maximum Gasteiger partial charge on any atom is 0.248 e. The number of Topliss-reactive ketones (excluding diaryl/α,β-unsaturated/α-hetero) is 1. The molecule has 0 saturated heterocycles. The summed E-state index contributed by atoms with van der Waals surface area (Å²) in [6, 6.07) is 5.34. The second-order valence-corrected chi connectivity index (χ2v) is 7.42. The number of carbonyl (C=O) groups is 1. The molecule has 128 valence electrons. The first kappa shape index (κ1) is 14.4. The zero-order valence-corrected chi connectivity index (χ0v) is 13.9. The number of nitrogens with zero attached hydrogens (tertiary/aromatic N) is 4. The Morgan fingerprint density at radius 3 is 2.96 bits per heavy atom. The number of ether oxygens (including phenoxy) is 2. The molecule has 3 heterocycles. The van der Waals surface area contributed by atoms with Crippen LogP contribution in [0.4, 0.5) is 5.95 Å². The van der Waals surface area contributed by atoms with Crippen molar-refractivity contribution in [3.8, 4) is 11.5 Å². The maximum absolute atomic E-state index is 13.0. The van der Waals surface area contributed by atoms with Crippen LogP contribution >= 0.6 is 0 Å². The highest BCUT2D eigenvalue weighted by atomic mass is 16.7. The minimum Gasteiger partial charge on any atom is -0.454 e. The third kappa shape index (κ3) is 2.13. The van der Waals surface area contributed by atoms with E-state index in [1.165, 1.54) is 0 Å². The Balaban J connectivity index is 1.68. The van der Waals surface area contributed by atoms with Gasteiger partial charge in [0.2, 0.25) is 12.7 Å². The Morgan fingerprint density at radius 2 is 2.08 bits per heavy atom. The standard InChI is InChI=1S/C17H17N5O3/c1-17(2)6-10-14(11(23)7-17)15(22-16(18-10)19-20-21-22)9-3-4-12-13(5-9)25-8-24-12/h3-5,15H,6-8H2,1-2H3,(H,18,19,21). The number of aromatic nitrogens is 4. The monoisotopic (exact) mass is 339 g/mol. The molecule has 0 saturated carbocycles. The van der Waals surface area contributed by atoms with Gasteiger partial charge in [0.15, 0.2) is 17.3 Å². The van der Waals surface area contributed by atoms with Crippen molar-refractivity contribution in [3.05, 3.63) is 35.0 Å². The second kappa shape index (κ2) is 4.81. The van der Waals surface area contributed by atoms with E-state index in [9.17, 15) is 4.79 Å². The first-order valence-electron chi connectivity index (χ1n) is 8.22. The largest absolute Gasteiger partial charge is 0.454 e. The Bertz CT molecular complexity index is 930. The van der Waals surface area contributed by atoms with Crippen molar-refractivity contribution >= 4 is 11.7 Å². The highest BCUT2D eigenvalue weighted by Crippen LogP contribution is 2.46. The van der Waals surface area contributed by atoms with E-state index in [0.717, 1.165) is 23.3 Å². The quantitative estimate of drug-likeness (QED) is 0.850. The predicted molar refractivity (Wildman–Crippen MR) is 87.2 cm³/mol. The van der Waals surface area contributed by atoms with Crippen LogP contribution in [-0.2, 0) is 4.79 Å². The molecule has 8 nitrogen and oxygen atoms in total. The first-order valence-corrected chi connectivity index (χ1v) is 8.22. The fraction of sp³-hybridized carbons (Fsp3) is 0.412. The molecule has 1 aromatic carbocycles. The van der Waals surface area contributed by atoms with Gasteiger partial charge < -0.3 is 14.8 Å². The number of anilines is 1. The number of nitrogens with one attached hydrogen (secondary N) is 1. The first-order chi connectivity index (χ1) is 12.0. The van der Waals surface area contributed by atoms with Crippen LogP contribution in [-0.4, -0.2) is 32.8 Å². The average molecular weight is 339 g/mol. The van der Waals surface area contributed by atoms with Gasteiger partial charge in [0.1, 0.15) is 6.04 Å². The Morgan fingerprint density at radius 1 is 1.24 bits per heavy atom. The van der Waals surface area contributed by atoms with Gasteiger partial charge in [-0.05, 0) is 40.0 Å². The molecule has 5 rings (SSSR count). The number of hydrogen-bond acceptors (Lipinski definition) is 7. The van der Waals surface area contributed by atoms with Gasteiger partial charge in [-0.25, -0.2) is 0 Å². The molecule has 0 bridgehead atoms. The highest BCUT2D eigenvalue weighted by molar-refractivity contribution is 6.00. The summed E-state index contributed by atoms with van der Waals surface area (Å²) >= 11 is 0. The Kier molecular flexibility index (Phi) is 2.78. The van der Waals surface area contributed by atoms with Crippen molar-refractivity contribution in [2.45, 2.75) is 32.7 Å². The fourth-order valence-corrected chi connectivity index (χ4v) is 3.86. The fourth-order valence-electron chi connectivity index (χ4n) is 3.86. The van der Waals surface area contributed by atoms with Crippen molar-refractivity contribution in [3.63, 3.8) is 0 Å². The second-order valence-electron chi connectivity index (χ2n) is 7.42. The lowest BCUT2D eigenvalue weighted by molar-refractivity contribution is -0.118. The normalized spacial score (nSPS) is 23.1. The van der Waals surface area contributed by atoms with Crippen LogP contribution in [0, 0.1) is 5.41 Å². The van der Waals surface area contributed by atoms with Gasteiger partial charge in [0, 0.05) is 17.7 Å². The lowest BCUT2D eigenvalue weighted by Gasteiger charge is -2.37. The molecular weight excluding hydrogens is 322 g/mol. The van der Waals surface area contributed by atoms with E-state index in [1.807, 2.05) is 18.2 Å². The van der Waals surface area contributed by atoms with Crippen molar-refractivity contribution in [2.75, 3.05) is 12.1 Å². The summed E-state index contributed by atoms with van der Waals surface area (Å²) in [5, 5.41) is 15.2. The molecule has 1 aromatic heterocycles. The molecule has 2 aromatic rings. The van der Waals surface area contributed by atoms with Gasteiger partial charge in [0.25, 0.3) is 0 Å². The van der Waals surface area contributed by atoms with E-state index in [4.69, 9.17) is 9.47 Å². The van der Waals surface area contributed by atoms with Crippen LogP contribution in [0.5, 0.6) is 11.5 Å². The number of allylic oxidation sites excluding steroid dienone is 2. The van der Waals surface area contributed by atoms with Crippen LogP contribution in [0.15, 0.2) is 29.5 Å². The van der Waals surface area contributed by atoms with Crippen molar-refractivity contribution < 1.29 is 14.3 Å². The predicted octanol–water partition coefficient (Wildman–Crippen LogP) is 2.06. The molecule has 1 N–H and O–H groups in total. The third-order valence-electron chi connectivity index (χ3n) is 4.91. The van der Waals surface area contributed by atoms with Crippen LogP contribution in [0.3, 0.4) is 0 Å². The van der Waals surface area contributed by atoms with E-state index in [-0.39, 0.29) is 24.0 Å². The number of carbonyl (C=O) groups excluding carboxylic acids is 1. The van der Waals surface area contributed by atoms with Gasteiger partial charge >= 0.3 is 0 Å². The summed E-state index contributed by atoms with van der Waals surface area (Å²) in [7, 11) is 0. The SMILES string of the molecule is CC1(C)CC(=O)C2=C(C1)Nc1nnnn1C2c1ccc2c(c1)OCO2. The van der Waals surface area contributed by atoms with Crippen molar-refractivity contribution in [2.24, 2.45) is 5.41 Å². The van der Waals surface area contributed by atoms with Gasteiger partial charge in [-0.3, -0.25) is 4.79 Å². The molecule has 3 aliphatic rings. The summed E-state index contributed by atoms with van der Waals surface area (Å²) in [5.74, 6) is 2.06. The van der Waals surface area contributed by atoms with E-state index in [1.54, 1.807) is 4.68 Å². The molecule has 8 heteroatoms. The minimum atomic E-state index is -0.362. The zero-order chi connectivity index (χ0) is 17.2. The molecule has 1 aliphatic carbocycles. The Hall–Kier alpha value is -2.90. The van der Waals surface area contributed by atoms with Crippen molar-refractivity contribution in [1.29, 1.82) is 0 Å². The van der Waals surface area contributed by atoms with Gasteiger partial charge in [-0.2, -0.15) is 4.68 Å². The summed E-state index contributed by atoms with van der Waals surface area (Å²) in [4.78, 5) is 13.0. The van der Waals surface area contributed by atoms with Crippen LogP contribution in [0.2, 0.25) is 0 Å². The highest BCUT2D eigenvalue weighted by Gasteiger charge is 2.42. The molecule has 0 spiro atoms. The molecule has 0 radical (unpaired) electrons. The van der Waals surface area contributed by atoms with E-state index in [2.05, 4.69) is 34.7 Å². The summed E-state index contributed by atoms with van der Waals surface area (Å²) in [6.45, 7) is 4.41. The molecule has 1 atom stereocenters. The van der Waals surface area contributed by atoms with E-state index < -0.39 is 0 Å². The molecule has 1 unspecified atom stereocenters.